The first-order chi connectivity index (χ1) is 11.8. The van der Waals surface area contributed by atoms with Gasteiger partial charge in [0.05, 0.1) is 0 Å². The first kappa shape index (κ1) is 19.0. The minimum Gasteiger partial charge on any atom is -0.457 e. The third-order valence-electron chi connectivity index (χ3n) is 3.46. The van der Waals surface area contributed by atoms with Crippen molar-refractivity contribution >= 4 is 5.97 Å². The molecule has 25 heavy (non-hydrogen) atoms. The lowest BCUT2D eigenvalue weighted by atomic mass is 10.0. The molecule has 0 aliphatic carbocycles. The van der Waals surface area contributed by atoms with Gasteiger partial charge < -0.3 is 18.9 Å². The van der Waals surface area contributed by atoms with Crippen LogP contribution in [0.4, 0.5) is 0 Å². The third-order valence-corrected chi connectivity index (χ3v) is 3.46. The molecule has 5 nitrogen and oxygen atoms in total. The van der Waals surface area contributed by atoms with E-state index in [9.17, 15) is 4.79 Å². The van der Waals surface area contributed by atoms with Gasteiger partial charge in [-0.1, -0.05) is 18.2 Å². The Hall–Kier alpha value is -2.37. The minimum absolute atomic E-state index is 0.521. The van der Waals surface area contributed by atoms with Gasteiger partial charge in [0.15, 0.2) is 0 Å². The predicted octanol–water partition coefficient (Wildman–Crippen LogP) is 4.27. The lowest BCUT2D eigenvalue weighted by molar-refractivity contribution is -0.243. The van der Waals surface area contributed by atoms with E-state index in [1.54, 1.807) is 45.0 Å². The SMILES string of the molecule is COC(OC)(C(=O)OC(C)(C)C)c1ccc(Oc2ccccc2)cc1. The molecular weight excluding hydrogens is 320 g/mol. The molecule has 0 radical (unpaired) electrons. The van der Waals surface area contributed by atoms with Crippen LogP contribution in [-0.4, -0.2) is 25.8 Å². The molecule has 0 saturated heterocycles. The Morgan fingerprint density at radius 2 is 1.32 bits per heavy atom. The van der Waals surface area contributed by atoms with E-state index in [1.165, 1.54) is 14.2 Å². The summed E-state index contributed by atoms with van der Waals surface area (Å²) in [6.07, 6.45) is 0. The average Bonchev–Trinajstić information content (AvgIpc) is 2.57. The highest BCUT2D eigenvalue weighted by molar-refractivity contribution is 5.80. The van der Waals surface area contributed by atoms with Gasteiger partial charge in [-0.2, -0.15) is 0 Å². The molecule has 0 aromatic heterocycles. The van der Waals surface area contributed by atoms with Gasteiger partial charge in [0.25, 0.3) is 5.79 Å². The average molecular weight is 344 g/mol. The van der Waals surface area contributed by atoms with Crippen LogP contribution < -0.4 is 4.74 Å². The Labute approximate surface area is 148 Å². The molecule has 0 atom stereocenters. The van der Waals surface area contributed by atoms with Crippen LogP contribution in [-0.2, 0) is 24.8 Å². The molecule has 0 fully saturated rings. The first-order valence-corrected chi connectivity index (χ1v) is 7.98. The third kappa shape index (κ3) is 4.59. The topological polar surface area (TPSA) is 54.0 Å². The second-order valence-electron chi connectivity index (χ2n) is 6.47. The van der Waals surface area contributed by atoms with E-state index in [-0.39, 0.29) is 0 Å². The molecule has 0 amide bonds. The predicted molar refractivity (Wildman–Crippen MR) is 94.5 cm³/mol. The van der Waals surface area contributed by atoms with E-state index in [0.29, 0.717) is 11.3 Å². The van der Waals surface area contributed by atoms with Gasteiger partial charge >= 0.3 is 5.97 Å². The highest BCUT2D eigenvalue weighted by atomic mass is 16.7. The molecule has 0 bridgehead atoms. The fraction of sp³-hybridized carbons (Fsp3) is 0.350. The number of carbonyl (C=O) groups excluding carboxylic acids is 1. The molecule has 0 aliphatic heterocycles. The van der Waals surface area contributed by atoms with Crippen molar-refractivity contribution < 1.29 is 23.7 Å². The molecule has 0 spiro atoms. The number of carbonyl (C=O) groups is 1. The van der Waals surface area contributed by atoms with Crippen molar-refractivity contribution in [2.45, 2.75) is 32.2 Å². The Kier molecular flexibility index (Phi) is 5.82. The summed E-state index contributed by atoms with van der Waals surface area (Å²) >= 11 is 0. The summed E-state index contributed by atoms with van der Waals surface area (Å²) in [6, 6.07) is 16.4. The molecule has 0 N–H and O–H groups in total. The molecular formula is C20H24O5. The smallest absolute Gasteiger partial charge is 0.372 e. The van der Waals surface area contributed by atoms with E-state index >= 15 is 0 Å². The van der Waals surface area contributed by atoms with E-state index in [1.807, 2.05) is 30.3 Å². The molecule has 5 heteroatoms. The van der Waals surface area contributed by atoms with Gasteiger partial charge in [0.1, 0.15) is 17.1 Å². The summed E-state index contributed by atoms with van der Waals surface area (Å²) < 4.78 is 22.0. The summed E-state index contributed by atoms with van der Waals surface area (Å²) in [5.74, 6) is -0.868. The lowest BCUT2D eigenvalue weighted by Crippen LogP contribution is -2.44. The van der Waals surface area contributed by atoms with Crippen LogP contribution in [0.25, 0.3) is 0 Å². The second-order valence-corrected chi connectivity index (χ2v) is 6.47. The van der Waals surface area contributed by atoms with Crippen molar-refractivity contribution in [3.8, 4) is 11.5 Å². The highest BCUT2D eigenvalue weighted by Gasteiger charge is 2.44. The largest absolute Gasteiger partial charge is 0.457 e. The number of esters is 1. The molecule has 0 unspecified atom stereocenters. The number of benzene rings is 2. The summed E-state index contributed by atoms with van der Waals surface area (Å²) in [4.78, 5) is 12.6. The zero-order chi connectivity index (χ0) is 18.5. The van der Waals surface area contributed by atoms with Crippen molar-refractivity contribution in [1.29, 1.82) is 0 Å². The molecule has 0 saturated carbocycles. The van der Waals surface area contributed by atoms with Crippen LogP contribution in [0, 0.1) is 0 Å². The van der Waals surface area contributed by atoms with E-state index in [0.717, 1.165) is 5.75 Å². The van der Waals surface area contributed by atoms with E-state index in [2.05, 4.69) is 0 Å². The van der Waals surface area contributed by atoms with Crippen molar-refractivity contribution in [2.75, 3.05) is 14.2 Å². The fourth-order valence-electron chi connectivity index (χ4n) is 2.32. The Balaban J connectivity index is 2.25. The fourth-order valence-corrected chi connectivity index (χ4v) is 2.32. The van der Waals surface area contributed by atoms with Gasteiger partial charge in [-0.15, -0.1) is 0 Å². The summed E-state index contributed by atoms with van der Waals surface area (Å²) in [5.41, 5.74) is -0.136. The van der Waals surface area contributed by atoms with Crippen molar-refractivity contribution in [3.63, 3.8) is 0 Å². The van der Waals surface area contributed by atoms with Gasteiger partial charge in [-0.25, -0.2) is 4.79 Å². The summed E-state index contributed by atoms with van der Waals surface area (Å²) in [6.45, 7) is 5.37. The summed E-state index contributed by atoms with van der Waals surface area (Å²) in [7, 11) is 2.81. The van der Waals surface area contributed by atoms with Crippen LogP contribution in [0.15, 0.2) is 54.6 Å². The van der Waals surface area contributed by atoms with Gasteiger partial charge in [-0.3, -0.25) is 0 Å². The van der Waals surface area contributed by atoms with E-state index < -0.39 is 17.4 Å². The van der Waals surface area contributed by atoms with Crippen LogP contribution in [0.2, 0.25) is 0 Å². The number of para-hydroxylation sites is 1. The number of ether oxygens (including phenoxy) is 4. The van der Waals surface area contributed by atoms with Crippen molar-refractivity contribution in [2.24, 2.45) is 0 Å². The quantitative estimate of drug-likeness (QED) is 0.579. The van der Waals surface area contributed by atoms with Crippen LogP contribution in [0.3, 0.4) is 0 Å². The van der Waals surface area contributed by atoms with Crippen molar-refractivity contribution in [3.05, 3.63) is 60.2 Å². The molecule has 2 rings (SSSR count). The Morgan fingerprint density at radius 1 is 0.800 bits per heavy atom. The number of hydrogen-bond acceptors (Lipinski definition) is 5. The van der Waals surface area contributed by atoms with Crippen LogP contribution in [0.1, 0.15) is 26.3 Å². The standard InChI is InChI=1S/C20H24O5/c1-19(2,3)25-18(21)20(22-4,23-5)15-11-13-17(14-12-15)24-16-9-7-6-8-10-16/h6-14H,1-5H3. The first-order valence-electron chi connectivity index (χ1n) is 7.98. The lowest BCUT2D eigenvalue weighted by Gasteiger charge is -2.32. The number of hydrogen-bond donors (Lipinski definition) is 0. The molecule has 0 aliphatic rings. The van der Waals surface area contributed by atoms with Gasteiger partial charge in [0, 0.05) is 19.8 Å². The summed E-state index contributed by atoms with van der Waals surface area (Å²) in [5, 5.41) is 0. The van der Waals surface area contributed by atoms with Crippen molar-refractivity contribution in [1.82, 2.24) is 0 Å². The molecule has 2 aromatic carbocycles. The maximum Gasteiger partial charge on any atom is 0.372 e. The second kappa shape index (κ2) is 7.68. The number of rotatable bonds is 6. The van der Waals surface area contributed by atoms with Gasteiger partial charge in [0.2, 0.25) is 0 Å². The normalized spacial score (nSPS) is 11.9. The Bertz CT molecular complexity index is 682. The highest BCUT2D eigenvalue weighted by Crippen LogP contribution is 2.32. The van der Waals surface area contributed by atoms with Crippen LogP contribution >= 0.6 is 0 Å². The van der Waals surface area contributed by atoms with Crippen LogP contribution in [0.5, 0.6) is 11.5 Å². The minimum atomic E-state index is -1.63. The maximum absolute atomic E-state index is 12.6. The van der Waals surface area contributed by atoms with Gasteiger partial charge in [-0.05, 0) is 57.2 Å². The molecule has 134 valence electrons. The molecule has 2 aromatic rings. The zero-order valence-corrected chi connectivity index (χ0v) is 15.2. The maximum atomic E-state index is 12.6. The zero-order valence-electron chi connectivity index (χ0n) is 15.2. The Morgan fingerprint density at radius 3 is 1.80 bits per heavy atom. The van der Waals surface area contributed by atoms with E-state index in [4.69, 9.17) is 18.9 Å². The molecule has 0 heterocycles. The number of methoxy groups -OCH3 is 2. The monoisotopic (exact) mass is 344 g/mol.